The van der Waals surface area contributed by atoms with E-state index in [1.807, 2.05) is 0 Å². The molecule has 1 aliphatic rings. The van der Waals surface area contributed by atoms with Gasteiger partial charge in [-0.25, -0.2) is 4.79 Å². The van der Waals surface area contributed by atoms with Gasteiger partial charge in [-0.15, -0.1) is 0 Å². The molecule has 0 spiro atoms. The van der Waals surface area contributed by atoms with Crippen LogP contribution in [0.1, 0.15) is 46.0 Å². The average Bonchev–Trinajstić information content (AvgIpc) is 3.19. The fourth-order valence-corrected chi connectivity index (χ4v) is 1.57. The Kier molecular flexibility index (Phi) is 11.6. The van der Waals surface area contributed by atoms with Crippen molar-refractivity contribution >= 4 is 5.97 Å². The van der Waals surface area contributed by atoms with E-state index in [9.17, 15) is 4.79 Å². The van der Waals surface area contributed by atoms with E-state index in [1.54, 1.807) is 0 Å². The second kappa shape index (κ2) is 12.2. The minimum Gasteiger partial charge on any atom is -0.478 e. The first-order chi connectivity index (χ1) is 9.10. The summed E-state index contributed by atoms with van der Waals surface area (Å²) >= 11 is 0. The third kappa shape index (κ3) is 15.1. The summed E-state index contributed by atoms with van der Waals surface area (Å²) in [4.78, 5) is 9.25. The van der Waals surface area contributed by atoms with Crippen LogP contribution in [0.5, 0.6) is 0 Å². The van der Waals surface area contributed by atoms with Crippen LogP contribution < -0.4 is 0 Å². The number of hydrogen-bond donors (Lipinski definition) is 1. The Morgan fingerprint density at radius 3 is 2.63 bits per heavy atom. The van der Waals surface area contributed by atoms with Gasteiger partial charge in [0.25, 0.3) is 0 Å². The van der Waals surface area contributed by atoms with Crippen LogP contribution in [0.4, 0.5) is 0 Å². The average molecular weight is 272 g/mol. The summed E-state index contributed by atoms with van der Waals surface area (Å²) in [5, 5.41) is 7.60. The molecule has 1 heterocycles. The highest BCUT2D eigenvalue weighted by molar-refractivity contribution is 5.78. The van der Waals surface area contributed by atoms with Crippen molar-refractivity contribution < 1.29 is 19.4 Å². The number of carboxylic acids is 1. The molecular weight excluding hydrogens is 244 g/mol. The third-order valence-corrected chi connectivity index (χ3v) is 2.83. The van der Waals surface area contributed by atoms with Gasteiger partial charge in [-0.05, 0) is 12.3 Å². The zero-order chi connectivity index (χ0) is 14.5. The molecule has 112 valence electrons. The van der Waals surface area contributed by atoms with E-state index in [1.165, 1.54) is 32.1 Å². The van der Waals surface area contributed by atoms with Crippen molar-refractivity contribution in [2.75, 3.05) is 19.8 Å². The largest absolute Gasteiger partial charge is 0.478 e. The first-order valence-electron chi connectivity index (χ1n) is 7.14. The van der Waals surface area contributed by atoms with E-state index in [0.29, 0.717) is 12.0 Å². The van der Waals surface area contributed by atoms with E-state index in [-0.39, 0.29) is 0 Å². The Balaban J connectivity index is 0.000000555. The Morgan fingerprint density at radius 1 is 1.53 bits per heavy atom. The smallest absolute Gasteiger partial charge is 0.327 e. The number of carboxylic acid groups (broad SMARTS) is 1. The van der Waals surface area contributed by atoms with Crippen LogP contribution in [0, 0.1) is 5.92 Å². The van der Waals surface area contributed by atoms with Crippen molar-refractivity contribution in [3.05, 3.63) is 12.7 Å². The van der Waals surface area contributed by atoms with Gasteiger partial charge < -0.3 is 14.6 Å². The number of ether oxygens (including phenoxy) is 2. The molecule has 0 aromatic heterocycles. The van der Waals surface area contributed by atoms with E-state index in [4.69, 9.17) is 14.6 Å². The first kappa shape index (κ1) is 18.1. The molecule has 2 unspecified atom stereocenters. The quantitative estimate of drug-likeness (QED) is 0.377. The number of hydrogen-bond acceptors (Lipinski definition) is 3. The maximum atomic E-state index is 9.25. The highest BCUT2D eigenvalue weighted by atomic mass is 16.6. The minimum absolute atomic E-state index is 0.419. The topological polar surface area (TPSA) is 59.1 Å². The molecule has 2 atom stereocenters. The van der Waals surface area contributed by atoms with Crippen LogP contribution >= 0.6 is 0 Å². The van der Waals surface area contributed by atoms with Crippen molar-refractivity contribution in [1.29, 1.82) is 0 Å². The fourth-order valence-electron chi connectivity index (χ4n) is 1.57. The van der Waals surface area contributed by atoms with Crippen LogP contribution in [0.15, 0.2) is 12.7 Å². The minimum atomic E-state index is -0.981. The molecule has 19 heavy (non-hydrogen) atoms. The molecule has 0 aromatic carbocycles. The zero-order valence-electron chi connectivity index (χ0n) is 12.3. The molecule has 4 heteroatoms. The fraction of sp³-hybridized carbons (Fsp3) is 0.800. The number of unbranched alkanes of at least 4 members (excludes halogenated alkanes) is 3. The summed E-state index contributed by atoms with van der Waals surface area (Å²) in [6.45, 7) is 10.1. The molecule has 0 bridgehead atoms. The van der Waals surface area contributed by atoms with Crippen molar-refractivity contribution in [3.8, 4) is 0 Å². The van der Waals surface area contributed by atoms with Crippen LogP contribution in [-0.2, 0) is 14.3 Å². The lowest BCUT2D eigenvalue weighted by atomic mass is 10.0. The van der Waals surface area contributed by atoms with Crippen LogP contribution in [-0.4, -0.2) is 37.0 Å². The van der Waals surface area contributed by atoms with E-state index >= 15 is 0 Å². The van der Waals surface area contributed by atoms with Gasteiger partial charge in [-0.3, -0.25) is 0 Å². The Hall–Kier alpha value is -0.870. The Morgan fingerprint density at radius 2 is 2.16 bits per heavy atom. The molecule has 1 fully saturated rings. The summed E-state index contributed by atoms with van der Waals surface area (Å²) in [6, 6.07) is 0. The molecule has 0 saturated carbocycles. The van der Waals surface area contributed by atoms with Gasteiger partial charge in [0.1, 0.15) is 6.10 Å². The van der Waals surface area contributed by atoms with Crippen LogP contribution in [0.3, 0.4) is 0 Å². The van der Waals surface area contributed by atoms with Crippen LogP contribution in [0.2, 0.25) is 0 Å². The van der Waals surface area contributed by atoms with Crippen molar-refractivity contribution in [2.45, 2.75) is 52.1 Å². The predicted molar refractivity (Wildman–Crippen MR) is 76.3 cm³/mol. The van der Waals surface area contributed by atoms with E-state index in [2.05, 4.69) is 20.4 Å². The normalized spacial score (nSPS) is 18.1. The Bertz CT molecular complexity index is 236. The zero-order valence-corrected chi connectivity index (χ0v) is 12.3. The summed E-state index contributed by atoms with van der Waals surface area (Å²) in [5.41, 5.74) is 0. The number of carbonyl (C=O) groups is 1. The molecule has 0 aromatic rings. The summed E-state index contributed by atoms with van der Waals surface area (Å²) in [7, 11) is 0. The number of rotatable bonds is 10. The number of aliphatic carboxylic acids is 1. The lowest BCUT2D eigenvalue weighted by Crippen LogP contribution is -2.09. The summed E-state index contributed by atoms with van der Waals surface area (Å²) in [6.07, 6.45) is 8.01. The SMILES string of the molecule is C=CC(=O)O.CCCCCCC(C)COCC1CO1. The summed E-state index contributed by atoms with van der Waals surface area (Å²) < 4.78 is 10.6. The highest BCUT2D eigenvalue weighted by Crippen LogP contribution is 2.13. The molecule has 4 nitrogen and oxygen atoms in total. The van der Waals surface area contributed by atoms with Gasteiger partial charge in [0.2, 0.25) is 0 Å². The van der Waals surface area contributed by atoms with Crippen molar-refractivity contribution in [2.24, 2.45) is 5.92 Å². The maximum Gasteiger partial charge on any atom is 0.327 e. The molecular formula is C15H28O4. The second-order valence-electron chi connectivity index (χ2n) is 4.99. The number of epoxide rings is 1. The van der Waals surface area contributed by atoms with Gasteiger partial charge in [-0.1, -0.05) is 46.1 Å². The van der Waals surface area contributed by atoms with Gasteiger partial charge in [-0.2, -0.15) is 0 Å². The molecule has 0 amide bonds. The van der Waals surface area contributed by atoms with E-state index < -0.39 is 5.97 Å². The van der Waals surface area contributed by atoms with Gasteiger partial charge in [0.15, 0.2) is 0 Å². The lowest BCUT2D eigenvalue weighted by molar-refractivity contribution is -0.131. The monoisotopic (exact) mass is 272 g/mol. The molecule has 0 radical (unpaired) electrons. The van der Waals surface area contributed by atoms with Gasteiger partial charge in [0, 0.05) is 12.7 Å². The maximum absolute atomic E-state index is 9.25. The molecule has 1 aliphatic heterocycles. The standard InChI is InChI=1S/C12H24O2.C3H4O2/c1-3-4-5-6-7-11(2)8-13-9-12-10-14-12;1-2-3(4)5/h11-12H,3-10H2,1-2H3;2H,1H2,(H,4,5). The van der Waals surface area contributed by atoms with Crippen LogP contribution in [0.25, 0.3) is 0 Å². The predicted octanol–water partition coefficient (Wildman–Crippen LogP) is 3.27. The second-order valence-corrected chi connectivity index (χ2v) is 4.99. The molecule has 1 N–H and O–H groups in total. The lowest BCUT2D eigenvalue weighted by Gasteiger charge is -2.10. The van der Waals surface area contributed by atoms with Crippen molar-refractivity contribution in [3.63, 3.8) is 0 Å². The highest BCUT2D eigenvalue weighted by Gasteiger charge is 2.22. The Labute approximate surface area is 116 Å². The molecule has 1 rings (SSSR count). The summed E-state index contributed by atoms with van der Waals surface area (Å²) in [5.74, 6) is -0.268. The molecule has 1 saturated heterocycles. The van der Waals surface area contributed by atoms with Crippen molar-refractivity contribution in [1.82, 2.24) is 0 Å². The first-order valence-corrected chi connectivity index (χ1v) is 7.14. The van der Waals surface area contributed by atoms with Gasteiger partial charge >= 0.3 is 5.97 Å². The molecule has 0 aliphatic carbocycles. The van der Waals surface area contributed by atoms with Gasteiger partial charge in [0.05, 0.1) is 13.2 Å². The third-order valence-electron chi connectivity index (χ3n) is 2.83. The van der Waals surface area contributed by atoms with E-state index in [0.717, 1.165) is 25.9 Å².